The van der Waals surface area contributed by atoms with Crippen molar-refractivity contribution in [1.82, 2.24) is 15.0 Å². The minimum atomic E-state index is 0.0283. The largest absolute Gasteiger partial charge is 0.271 e. The minimum absolute atomic E-state index is 0.0283. The van der Waals surface area contributed by atoms with Gasteiger partial charge in [0.1, 0.15) is 0 Å². The summed E-state index contributed by atoms with van der Waals surface area (Å²) in [6.07, 6.45) is 0.823. The van der Waals surface area contributed by atoms with Crippen LogP contribution in [0.3, 0.4) is 0 Å². The molecule has 2 rings (SSSR count). The molecular formula is C11H14N4S. The molecule has 0 saturated heterocycles. The predicted octanol–water partition coefficient (Wildman–Crippen LogP) is 1.59. The standard InChI is InChI=1S/C11H14N4S/c1-8-3-2-4-9(5-8)6-10(13-12)11-7-16-15-14-11/h2-5,7,10,13H,6,12H2,1H3. The molecule has 16 heavy (non-hydrogen) atoms. The third kappa shape index (κ3) is 2.63. The van der Waals surface area contributed by atoms with E-state index in [-0.39, 0.29) is 6.04 Å². The van der Waals surface area contributed by atoms with Crippen LogP contribution in [-0.2, 0) is 6.42 Å². The fraction of sp³-hybridized carbons (Fsp3) is 0.273. The second kappa shape index (κ2) is 5.16. The highest BCUT2D eigenvalue weighted by Crippen LogP contribution is 2.17. The first-order valence-electron chi connectivity index (χ1n) is 5.08. The Hall–Kier alpha value is -1.30. The maximum Gasteiger partial charge on any atom is 0.0941 e. The van der Waals surface area contributed by atoms with Crippen LogP contribution < -0.4 is 11.3 Å². The SMILES string of the molecule is Cc1cccc(CC(NN)c2csnn2)c1. The van der Waals surface area contributed by atoms with E-state index in [1.165, 1.54) is 22.7 Å². The average Bonchev–Trinajstić information content (AvgIpc) is 2.79. The van der Waals surface area contributed by atoms with E-state index in [4.69, 9.17) is 5.84 Å². The Morgan fingerprint density at radius 3 is 3.00 bits per heavy atom. The van der Waals surface area contributed by atoms with Crippen molar-refractivity contribution in [2.45, 2.75) is 19.4 Å². The number of aryl methyl sites for hydroxylation is 1. The van der Waals surface area contributed by atoms with Gasteiger partial charge in [-0.1, -0.05) is 34.3 Å². The summed E-state index contributed by atoms with van der Waals surface area (Å²) in [5.74, 6) is 5.54. The summed E-state index contributed by atoms with van der Waals surface area (Å²) in [5.41, 5.74) is 6.17. The van der Waals surface area contributed by atoms with Gasteiger partial charge in [-0.3, -0.25) is 11.3 Å². The fourth-order valence-corrected chi connectivity index (χ4v) is 2.16. The minimum Gasteiger partial charge on any atom is -0.271 e. The average molecular weight is 234 g/mol. The van der Waals surface area contributed by atoms with E-state index in [0.29, 0.717) is 0 Å². The normalized spacial score (nSPS) is 12.6. The van der Waals surface area contributed by atoms with Gasteiger partial charge in [-0.05, 0) is 30.4 Å². The Morgan fingerprint density at radius 2 is 2.38 bits per heavy atom. The van der Waals surface area contributed by atoms with Crippen LogP contribution >= 0.6 is 11.5 Å². The van der Waals surface area contributed by atoms with Gasteiger partial charge in [0.05, 0.1) is 11.7 Å². The van der Waals surface area contributed by atoms with Gasteiger partial charge in [-0.2, -0.15) is 0 Å². The van der Waals surface area contributed by atoms with Crippen LogP contribution in [0.2, 0.25) is 0 Å². The van der Waals surface area contributed by atoms with Gasteiger partial charge in [0.2, 0.25) is 0 Å². The quantitative estimate of drug-likeness (QED) is 0.623. The molecule has 0 aliphatic heterocycles. The van der Waals surface area contributed by atoms with Crippen LogP contribution in [-0.4, -0.2) is 9.59 Å². The van der Waals surface area contributed by atoms with Gasteiger partial charge in [-0.25, -0.2) is 0 Å². The molecule has 0 radical (unpaired) electrons. The predicted molar refractivity (Wildman–Crippen MR) is 64.9 cm³/mol. The van der Waals surface area contributed by atoms with Gasteiger partial charge in [0, 0.05) is 5.38 Å². The Balaban J connectivity index is 2.13. The van der Waals surface area contributed by atoms with Crippen LogP contribution in [0.25, 0.3) is 0 Å². The highest BCUT2D eigenvalue weighted by molar-refractivity contribution is 7.03. The summed E-state index contributed by atoms with van der Waals surface area (Å²) in [5, 5.41) is 5.95. The van der Waals surface area contributed by atoms with E-state index in [1.807, 2.05) is 5.38 Å². The number of hydrogen-bond acceptors (Lipinski definition) is 5. The van der Waals surface area contributed by atoms with Crippen LogP contribution in [0.1, 0.15) is 22.9 Å². The van der Waals surface area contributed by atoms with Crippen molar-refractivity contribution in [3.05, 3.63) is 46.5 Å². The van der Waals surface area contributed by atoms with E-state index in [9.17, 15) is 0 Å². The number of aromatic nitrogens is 2. The summed E-state index contributed by atoms with van der Waals surface area (Å²) in [6.45, 7) is 2.08. The highest BCUT2D eigenvalue weighted by Gasteiger charge is 2.13. The third-order valence-corrected chi connectivity index (χ3v) is 2.98. The number of nitrogens with two attached hydrogens (primary N) is 1. The smallest absolute Gasteiger partial charge is 0.0941 e. The number of nitrogens with one attached hydrogen (secondary N) is 1. The molecule has 0 aliphatic carbocycles. The lowest BCUT2D eigenvalue weighted by Crippen LogP contribution is -2.29. The molecule has 1 aromatic heterocycles. The highest BCUT2D eigenvalue weighted by atomic mass is 32.1. The maximum absolute atomic E-state index is 5.54. The van der Waals surface area contributed by atoms with Crippen LogP contribution in [0.5, 0.6) is 0 Å². The van der Waals surface area contributed by atoms with E-state index in [1.54, 1.807) is 0 Å². The first-order valence-corrected chi connectivity index (χ1v) is 5.92. The van der Waals surface area contributed by atoms with Crippen molar-refractivity contribution in [3.63, 3.8) is 0 Å². The summed E-state index contributed by atoms with van der Waals surface area (Å²) in [7, 11) is 0. The zero-order valence-electron chi connectivity index (χ0n) is 9.05. The van der Waals surface area contributed by atoms with E-state index in [2.05, 4.69) is 46.2 Å². The van der Waals surface area contributed by atoms with Gasteiger partial charge in [-0.15, -0.1) is 5.10 Å². The first-order chi connectivity index (χ1) is 7.79. The number of rotatable bonds is 4. The van der Waals surface area contributed by atoms with Gasteiger partial charge >= 0.3 is 0 Å². The Kier molecular flexibility index (Phi) is 3.61. The van der Waals surface area contributed by atoms with Crippen molar-refractivity contribution in [1.29, 1.82) is 0 Å². The molecule has 3 N–H and O–H groups in total. The van der Waals surface area contributed by atoms with E-state index in [0.717, 1.165) is 12.1 Å². The Bertz CT molecular complexity index is 441. The van der Waals surface area contributed by atoms with Crippen LogP contribution in [0.15, 0.2) is 29.6 Å². The van der Waals surface area contributed by atoms with E-state index >= 15 is 0 Å². The number of benzene rings is 1. The number of hydrogen-bond donors (Lipinski definition) is 2. The maximum atomic E-state index is 5.54. The molecule has 0 spiro atoms. The van der Waals surface area contributed by atoms with Gasteiger partial charge in [0.15, 0.2) is 0 Å². The molecule has 0 aliphatic rings. The molecule has 0 saturated carbocycles. The molecule has 4 nitrogen and oxygen atoms in total. The van der Waals surface area contributed by atoms with Gasteiger partial charge in [0.25, 0.3) is 0 Å². The number of nitrogens with zero attached hydrogens (tertiary/aromatic N) is 2. The Morgan fingerprint density at radius 1 is 1.50 bits per heavy atom. The van der Waals surface area contributed by atoms with Crippen LogP contribution in [0, 0.1) is 6.92 Å². The van der Waals surface area contributed by atoms with Crippen molar-refractivity contribution < 1.29 is 0 Å². The molecule has 2 aromatic rings. The molecule has 84 valence electrons. The molecule has 1 atom stereocenters. The van der Waals surface area contributed by atoms with E-state index < -0.39 is 0 Å². The third-order valence-electron chi connectivity index (χ3n) is 2.46. The lowest BCUT2D eigenvalue weighted by molar-refractivity contribution is 0.537. The molecule has 1 aromatic carbocycles. The molecule has 0 bridgehead atoms. The lowest BCUT2D eigenvalue weighted by Gasteiger charge is -2.13. The summed E-state index contributed by atoms with van der Waals surface area (Å²) < 4.78 is 3.85. The van der Waals surface area contributed by atoms with Crippen LogP contribution in [0.4, 0.5) is 0 Å². The molecular weight excluding hydrogens is 220 g/mol. The monoisotopic (exact) mass is 234 g/mol. The first kappa shape index (κ1) is 11.2. The number of hydrazine groups is 1. The van der Waals surface area contributed by atoms with Crippen molar-refractivity contribution in [3.8, 4) is 0 Å². The van der Waals surface area contributed by atoms with Gasteiger partial charge < -0.3 is 0 Å². The van der Waals surface area contributed by atoms with Crippen molar-refractivity contribution >= 4 is 11.5 Å². The summed E-state index contributed by atoms with van der Waals surface area (Å²) in [4.78, 5) is 0. The molecule has 0 amide bonds. The Labute approximate surface area is 98.6 Å². The zero-order valence-corrected chi connectivity index (χ0v) is 9.87. The molecule has 1 unspecified atom stereocenters. The second-order valence-corrected chi connectivity index (χ2v) is 4.35. The molecule has 0 fully saturated rings. The second-order valence-electron chi connectivity index (χ2n) is 3.74. The lowest BCUT2D eigenvalue weighted by atomic mass is 10.0. The molecule has 1 heterocycles. The summed E-state index contributed by atoms with van der Waals surface area (Å²) >= 11 is 1.34. The fourth-order valence-electron chi connectivity index (χ4n) is 1.65. The van der Waals surface area contributed by atoms with Crippen molar-refractivity contribution in [2.24, 2.45) is 5.84 Å². The molecule has 5 heteroatoms. The topological polar surface area (TPSA) is 63.8 Å². The van der Waals surface area contributed by atoms with Crippen molar-refractivity contribution in [2.75, 3.05) is 0 Å². The summed E-state index contributed by atoms with van der Waals surface area (Å²) in [6, 6.07) is 8.41. The zero-order chi connectivity index (χ0) is 11.4.